The number of rotatable bonds is 5. The monoisotopic (exact) mass is 441 g/mol. The van der Waals surface area contributed by atoms with Crippen molar-refractivity contribution in [3.05, 3.63) is 53.0 Å². The second-order valence-electron chi connectivity index (χ2n) is 10.0. The largest absolute Gasteiger partial charge is 0.492 e. The standard InChI is InChI=1S/C26H27N5O2/c1-2-33-20-14-31(26-11-15(12-26)13-26)25(32)19-10-17(6-7-18(19)20)21-22-23(27)28-8-9-30(22)24(29-21)16-4-3-5-16/h6-10,14-16H,2-5,11-13H2,1H3,(H2,27,28). The zero-order valence-corrected chi connectivity index (χ0v) is 18.8. The molecule has 0 radical (unpaired) electrons. The highest BCUT2D eigenvalue weighted by Crippen LogP contribution is 2.62. The predicted molar refractivity (Wildman–Crippen MR) is 128 cm³/mol. The van der Waals surface area contributed by atoms with Crippen molar-refractivity contribution in [2.45, 2.75) is 56.9 Å². The Morgan fingerprint density at radius 2 is 2.03 bits per heavy atom. The summed E-state index contributed by atoms with van der Waals surface area (Å²) in [6.07, 6.45) is 12.4. The van der Waals surface area contributed by atoms with Crippen LogP contribution < -0.4 is 16.0 Å². The highest BCUT2D eigenvalue weighted by Gasteiger charge is 2.58. The van der Waals surface area contributed by atoms with Crippen molar-refractivity contribution in [1.82, 2.24) is 18.9 Å². The molecule has 0 amide bonds. The molecule has 4 saturated carbocycles. The molecule has 4 fully saturated rings. The van der Waals surface area contributed by atoms with Crippen molar-refractivity contribution in [1.29, 1.82) is 0 Å². The topological polar surface area (TPSA) is 87.4 Å². The molecule has 1 aromatic carbocycles. The van der Waals surface area contributed by atoms with Crippen molar-refractivity contribution in [3.63, 3.8) is 0 Å². The maximum atomic E-state index is 13.7. The Balaban J connectivity index is 1.46. The van der Waals surface area contributed by atoms with E-state index in [0.717, 1.165) is 71.8 Å². The lowest BCUT2D eigenvalue weighted by molar-refractivity contribution is -0.0913. The average molecular weight is 442 g/mol. The Morgan fingerprint density at radius 3 is 2.70 bits per heavy atom. The number of fused-ring (bicyclic) bond motifs is 2. The molecular formula is C26H27N5O2. The molecule has 2 bridgehead atoms. The lowest BCUT2D eigenvalue weighted by atomic mass is 9.49. The Bertz CT molecular complexity index is 1480. The van der Waals surface area contributed by atoms with Crippen LogP contribution >= 0.6 is 0 Å². The van der Waals surface area contributed by atoms with Gasteiger partial charge in [0.25, 0.3) is 5.56 Å². The summed E-state index contributed by atoms with van der Waals surface area (Å²) in [6, 6.07) is 5.99. The Labute approximate surface area is 191 Å². The molecule has 3 aromatic heterocycles. The fourth-order valence-corrected chi connectivity index (χ4v) is 6.05. The Hall–Kier alpha value is -3.35. The minimum atomic E-state index is -0.00928. The minimum Gasteiger partial charge on any atom is -0.492 e. The van der Waals surface area contributed by atoms with Crippen molar-refractivity contribution in [2.75, 3.05) is 12.3 Å². The van der Waals surface area contributed by atoms with Gasteiger partial charge in [-0.2, -0.15) is 0 Å². The van der Waals surface area contributed by atoms with Gasteiger partial charge in [0.15, 0.2) is 0 Å². The summed E-state index contributed by atoms with van der Waals surface area (Å²) < 4.78 is 10.0. The van der Waals surface area contributed by atoms with E-state index in [1.807, 2.05) is 42.1 Å². The number of pyridine rings is 1. The number of benzene rings is 1. The molecule has 4 aromatic rings. The molecule has 0 spiro atoms. The third kappa shape index (κ3) is 2.53. The van der Waals surface area contributed by atoms with Gasteiger partial charge < -0.3 is 15.0 Å². The van der Waals surface area contributed by atoms with E-state index in [-0.39, 0.29) is 11.1 Å². The van der Waals surface area contributed by atoms with Gasteiger partial charge in [-0.25, -0.2) is 9.97 Å². The summed E-state index contributed by atoms with van der Waals surface area (Å²) in [5.41, 5.74) is 8.88. The molecule has 0 unspecified atom stereocenters. The molecule has 0 atom stereocenters. The van der Waals surface area contributed by atoms with Gasteiger partial charge >= 0.3 is 0 Å². The highest BCUT2D eigenvalue weighted by atomic mass is 16.5. The molecule has 2 N–H and O–H groups in total. The first-order chi connectivity index (χ1) is 16.1. The van der Waals surface area contributed by atoms with Crippen LogP contribution in [0.5, 0.6) is 5.75 Å². The van der Waals surface area contributed by atoms with E-state index in [0.29, 0.717) is 23.7 Å². The molecule has 0 saturated heterocycles. The minimum absolute atomic E-state index is 0.00928. The lowest BCUT2D eigenvalue weighted by Gasteiger charge is -2.62. The SMILES string of the molecule is CCOc1cn(C23CC(C2)C3)c(=O)c2cc(-c3nc(C4CCC4)n4ccnc(N)c34)ccc12. The van der Waals surface area contributed by atoms with Gasteiger partial charge in [0.1, 0.15) is 28.6 Å². The number of nitrogen functional groups attached to an aromatic ring is 1. The molecule has 7 nitrogen and oxygen atoms in total. The van der Waals surface area contributed by atoms with Crippen LogP contribution in [0, 0.1) is 5.92 Å². The normalized spacial score (nSPS) is 23.8. The van der Waals surface area contributed by atoms with Gasteiger partial charge in [0.05, 0.1) is 18.2 Å². The number of hydrogen-bond donors (Lipinski definition) is 1. The van der Waals surface area contributed by atoms with Crippen LogP contribution in [0.1, 0.15) is 57.2 Å². The summed E-state index contributed by atoms with van der Waals surface area (Å²) in [6.45, 7) is 2.54. The molecule has 33 heavy (non-hydrogen) atoms. The van der Waals surface area contributed by atoms with Gasteiger partial charge in [0, 0.05) is 34.8 Å². The van der Waals surface area contributed by atoms with E-state index in [4.69, 9.17) is 15.5 Å². The quantitative estimate of drug-likeness (QED) is 0.494. The summed E-state index contributed by atoms with van der Waals surface area (Å²) in [5, 5.41) is 1.53. The van der Waals surface area contributed by atoms with Crippen molar-refractivity contribution in [3.8, 4) is 17.0 Å². The van der Waals surface area contributed by atoms with E-state index in [9.17, 15) is 4.79 Å². The smallest absolute Gasteiger partial charge is 0.259 e. The number of anilines is 1. The van der Waals surface area contributed by atoms with Crippen LogP contribution in [0.3, 0.4) is 0 Å². The van der Waals surface area contributed by atoms with Gasteiger partial charge in [-0.15, -0.1) is 0 Å². The number of ether oxygens (including phenoxy) is 1. The van der Waals surface area contributed by atoms with E-state index < -0.39 is 0 Å². The van der Waals surface area contributed by atoms with Crippen LogP contribution in [0.2, 0.25) is 0 Å². The molecule has 8 rings (SSSR count). The van der Waals surface area contributed by atoms with Crippen LogP contribution in [-0.2, 0) is 5.54 Å². The van der Waals surface area contributed by atoms with Crippen LogP contribution in [0.4, 0.5) is 5.82 Å². The van der Waals surface area contributed by atoms with Crippen molar-refractivity contribution < 1.29 is 4.74 Å². The molecule has 4 aliphatic rings. The third-order valence-corrected chi connectivity index (χ3v) is 8.15. The zero-order chi connectivity index (χ0) is 22.3. The fraction of sp³-hybridized carbons (Fsp3) is 0.423. The number of imidazole rings is 1. The molecule has 0 aliphatic heterocycles. The molecule has 4 aliphatic carbocycles. The van der Waals surface area contributed by atoms with E-state index >= 15 is 0 Å². The lowest BCUT2D eigenvalue weighted by Crippen LogP contribution is -2.61. The summed E-state index contributed by atoms with van der Waals surface area (Å²) in [5.74, 6) is 3.50. The number of nitrogens with zero attached hydrogens (tertiary/aromatic N) is 4. The van der Waals surface area contributed by atoms with E-state index in [1.165, 1.54) is 6.42 Å². The maximum absolute atomic E-state index is 13.7. The number of aromatic nitrogens is 4. The van der Waals surface area contributed by atoms with Crippen LogP contribution in [-0.4, -0.2) is 25.5 Å². The summed E-state index contributed by atoms with van der Waals surface area (Å²) in [7, 11) is 0. The van der Waals surface area contributed by atoms with Gasteiger partial charge in [0.2, 0.25) is 0 Å². The second-order valence-corrected chi connectivity index (χ2v) is 10.0. The molecule has 7 heteroatoms. The van der Waals surface area contributed by atoms with Crippen LogP contribution in [0.25, 0.3) is 27.5 Å². The number of nitrogens with two attached hydrogens (primary N) is 1. The van der Waals surface area contributed by atoms with E-state index in [2.05, 4.69) is 9.38 Å². The summed E-state index contributed by atoms with van der Waals surface area (Å²) in [4.78, 5) is 23.1. The van der Waals surface area contributed by atoms with Crippen LogP contribution in [0.15, 0.2) is 41.6 Å². The molecule has 3 heterocycles. The first-order valence-corrected chi connectivity index (χ1v) is 12.0. The van der Waals surface area contributed by atoms with Gasteiger partial charge in [-0.3, -0.25) is 9.20 Å². The highest BCUT2D eigenvalue weighted by molar-refractivity contribution is 5.94. The Kier molecular flexibility index (Phi) is 3.82. The van der Waals surface area contributed by atoms with Crippen molar-refractivity contribution in [2.24, 2.45) is 5.92 Å². The average Bonchev–Trinajstić information content (AvgIpc) is 3.08. The van der Waals surface area contributed by atoms with Gasteiger partial charge in [-0.1, -0.05) is 12.5 Å². The number of hydrogen-bond acceptors (Lipinski definition) is 5. The molecular weight excluding hydrogens is 414 g/mol. The first-order valence-electron chi connectivity index (χ1n) is 12.0. The third-order valence-electron chi connectivity index (χ3n) is 8.15. The first kappa shape index (κ1) is 19.1. The van der Waals surface area contributed by atoms with Crippen molar-refractivity contribution >= 4 is 22.1 Å². The fourth-order valence-electron chi connectivity index (χ4n) is 6.05. The van der Waals surface area contributed by atoms with Gasteiger partial charge in [-0.05, 0) is 57.1 Å². The van der Waals surface area contributed by atoms with E-state index in [1.54, 1.807) is 6.20 Å². The Morgan fingerprint density at radius 1 is 1.21 bits per heavy atom. The predicted octanol–water partition coefficient (Wildman–Crippen LogP) is 4.47. The molecule has 168 valence electrons. The second kappa shape index (κ2) is 6.59. The maximum Gasteiger partial charge on any atom is 0.259 e. The zero-order valence-electron chi connectivity index (χ0n) is 18.8. The summed E-state index contributed by atoms with van der Waals surface area (Å²) >= 11 is 0.